The first-order valence-corrected chi connectivity index (χ1v) is 12.5. The van der Waals surface area contributed by atoms with Crippen LogP contribution in [-0.2, 0) is 6.61 Å². The number of nitrogens with zero attached hydrogens (tertiary/aromatic N) is 2. The summed E-state index contributed by atoms with van der Waals surface area (Å²) < 4.78 is 11.6. The van der Waals surface area contributed by atoms with Crippen LogP contribution in [-0.4, -0.2) is 16.6 Å². The van der Waals surface area contributed by atoms with E-state index < -0.39 is 0 Å². The van der Waals surface area contributed by atoms with Crippen molar-refractivity contribution in [3.05, 3.63) is 95.1 Å². The number of aryl methyl sites for hydroxylation is 2. The highest BCUT2D eigenvalue weighted by atomic mass is 32.1. The predicted octanol–water partition coefficient (Wildman–Crippen LogP) is 7.70. The molecule has 3 aromatic carbocycles. The van der Waals surface area contributed by atoms with E-state index in [2.05, 4.69) is 36.5 Å². The number of hydrogen-bond acceptors (Lipinski definition) is 6. The van der Waals surface area contributed by atoms with Crippen molar-refractivity contribution in [1.82, 2.24) is 9.97 Å². The highest BCUT2D eigenvalue weighted by molar-refractivity contribution is 7.19. The molecule has 0 bridgehead atoms. The smallest absolute Gasteiger partial charge is 0.143 e. The van der Waals surface area contributed by atoms with Crippen molar-refractivity contribution in [2.75, 3.05) is 11.9 Å². The molecule has 0 saturated heterocycles. The van der Waals surface area contributed by atoms with Crippen LogP contribution in [0, 0.1) is 13.8 Å². The summed E-state index contributed by atoms with van der Waals surface area (Å²) in [5, 5.41) is 4.55. The number of benzene rings is 3. The van der Waals surface area contributed by atoms with Crippen LogP contribution >= 0.6 is 11.3 Å². The van der Waals surface area contributed by atoms with Crippen molar-refractivity contribution < 1.29 is 9.47 Å². The molecule has 0 amide bonds. The van der Waals surface area contributed by atoms with Crippen LogP contribution in [0.3, 0.4) is 0 Å². The van der Waals surface area contributed by atoms with Gasteiger partial charge in [-0.05, 0) is 68.3 Å². The van der Waals surface area contributed by atoms with E-state index in [1.807, 2.05) is 68.4 Å². The minimum Gasteiger partial charge on any atom is -0.494 e. The second kappa shape index (κ2) is 10.2. The van der Waals surface area contributed by atoms with Crippen molar-refractivity contribution in [3.63, 3.8) is 0 Å². The maximum atomic E-state index is 5.93. The topological polar surface area (TPSA) is 56.3 Å². The van der Waals surface area contributed by atoms with E-state index in [0.717, 1.165) is 55.7 Å². The van der Waals surface area contributed by atoms with E-state index in [4.69, 9.17) is 19.4 Å². The molecule has 5 rings (SSSR count). The lowest BCUT2D eigenvalue weighted by Gasteiger charge is -2.12. The number of hydrogen-bond donors (Lipinski definition) is 1. The van der Waals surface area contributed by atoms with E-state index >= 15 is 0 Å². The van der Waals surface area contributed by atoms with Gasteiger partial charge in [0.25, 0.3) is 0 Å². The van der Waals surface area contributed by atoms with Crippen molar-refractivity contribution in [2.45, 2.75) is 27.4 Å². The molecule has 0 saturated carbocycles. The molecule has 0 aliphatic carbocycles. The van der Waals surface area contributed by atoms with E-state index in [9.17, 15) is 0 Å². The average molecular weight is 482 g/mol. The molecule has 0 spiro atoms. The van der Waals surface area contributed by atoms with Gasteiger partial charge in [-0.15, -0.1) is 11.3 Å². The molecule has 6 heteroatoms. The van der Waals surface area contributed by atoms with Gasteiger partial charge in [0.2, 0.25) is 0 Å². The van der Waals surface area contributed by atoms with Gasteiger partial charge in [-0.1, -0.05) is 42.5 Å². The Labute approximate surface area is 209 Å². The third-order valence-corrected chi connectivity index (χ3v) is 6.66. The van der Waals surface area contributed by atoms with Crippen LogP contribution in [0.2, 0.25) is 0 Å². The van der Waals surface area contributed by atoms with Crippen molar-refractivity contribution in [3.8, 4) is 22.6 Å². The highest BCUT2D eigenvalue weighted by Gasteiger charge is 2.18. The summed E-state index contributed by atoms with van der Waals surface area (Å²) in [5.41, 5.74) is 4.36. The molecule has 1 N–H and O–H groups in total. The van der Waals surface area contributed by atoms with Gasteiger partial charge in [-0.3, -0.25) is 0 Å². The normalized spacial score (nSPS) is 10.9. The molecule has 2 aromatic heterocycles. The Kier molecular flexibility index (Phi) is 6.64. The Morgan fingerprint density at radius 1 is 0.800 bits per heavy atom. The van der Waals surface area contributed by atoms with Crippen molar-refractivity contribution in [1.29, 1.82) is 0 Å². The fourth-order valence-electron chi connectivity index (χ4n) is 4.05. The number of nitrogens with one attached hydrogen (secondary N) is 1. The van der Waals surface area contributed by atoms with E-state index in [0.29, 0.717) is 13.2 Å². The van der Waals surface area contributed by atoms with Crippen LogP contribution in [0.15, 0.2) is 78.9 Å². The zero-order valence-corrected chi connectivity index (χ0v) is 20.9. The molecular formula is C29H27N3O2S. The molecule has 0 aliphatic rings. The number of anilines is 2. The summed E-state index contributed by atoms with van der Waals surface area (Å²) in [6.07, 6.45) is 0. The van der Waals surface area contributed by atoms with Gasteiger partial charge >= 0.3 is 0 Å². The SMILES string of the molecule is CCOc1ccc(-c2c(C)sc3nc(C)nc(Nc4ccc(OCc5ccccc5)cc4)c23)cc1. The monoisotopic (exact) mass is 481 g/mol. The largest absolute Gasteiger partial charge is 0.494 e. The third-order valence-electron chi connectivity index (χ3n) is 5.66. The minimum absolute atomic E-state index is 0.541. The molecule has 0 unspecified atom stereocenters. The average Bonchev–Trinajstić information content (AvgIpc) is 3.20. The van der Waals surface area contributed by atoms with Crippen molar-refractivity contribution >= 4 is 33.1 Å². The predicted molar refractivity (Wildman–Crippen MR) is 144 cm³/mol. The molecule has 176 valence electrons. The molecule has 2 heterocycles. The molecule has 5 aromatic rings. The summed E-state index contributed by atoms with van der Waals surface area (Å²) in [6, 6.07) is 26.4. The lowest BCUT2D eigenvalue weighted by Crippen LogP contribution is -1.99. The van der Waals surface area contributed by atoms with Crippen LogP contribution in [0.25, 0.3) is 21.3 Å². The third kappa shape index (κ3) is 5.12. The van der Waals surface area contributed by atoms with Crippen LogP contribution in [0.5, 0.6) is 11.5 Å². The Balaban J connectivity index is 1.43. The molecule has 0 radical (unpaired) electrons. The number of aromatic nitrogens is 2. The summed E-state index contributed by atoms with van der Waals surface area (Å²) in [7, 11) is 0. The number of rotatable bonds is 8. The van der Waals surface area contributed by atoms with Crippen LogP contribution in [0.4, 0.5) is 11.5 Å². The molecule has 0 fully saturated rings. The van der Waals surface area contributed by atoms with Gasteiger partial charge in [-0.25, -0.2) is 9.97 Å². The highest BCUT2D eigenvalue weighted by Crippen LogP contribution is 2.41. The Morgan fingerprint density at radius 3 is 2.20 bits per heavy atom. The minimum atomic E-state index is 0.541. The van der Waals surface area contributed by atoms with Crippen molar-refractivity contribution in [2.24, 2.45) is 0 Å². The van der Waals surface area contributed by atoms with E-state index in [-0.39, 0.29) is 0 Å². The number of thiophene rings is 1. The fraction of sp³-hybridized carbons (Fsp3) is 0.172. The number of fused-ring (bicyclic) bond motifs is 1. The first kappa shape index (κ1) is 22.9. The van der Waals surface area contributed by atoms with Crippen LogP contribution < -0.4 is 14.8 Å². The fourth-order valence-corrected chi connectivity index (χ4v) is 5.14. The molecule has 5 nitrogen and oxygen atoms in total. The van der Waals surface area contributed by atoms with Gasteiger partial charge in [-0.2, -0.15) is 0 Å². The van der Waals surface area contributed by atoms with Gasteiger partial charge in [0.05, 0.1) is 12.0 Å². The lowest BCUT2D eigenvalue weighted by molar-refractivity contribution is 0.306. The Bertz CT molecular complexity index is 1430. The first-order chi connectivity index (χ1) is 17.1. The second-order valence-electron chi connectivity index (χ2n) is 8.21. The van der Waals surface area contributed by atoms with Gasteiger partial charge in [0, 0.05) is 16.1 Å². The van der Waals surface area contributed by atoms with E-state index in [1.54, 1.807) is 11.3 Å². The van der Waals surface area contributed by atoms with Gasteiger partial charge < -0.3 is 14.8 Å². The van der Waals surface area contributed by atoms with Gasteiger partial charge in [0.1, 0.15) is 34.6 Å². The standard InChI is InChI=1S/C29H27N3O2S/c1-4-33-24-14-10-22(11-15-24)26-19(2)35-29-27(26)28(30-20(3)31-29)32-23-12-16-25(17-13-23)34-18-21-8-6-5-7-9-21/h5-17H,4,18H2,1-3H3,(H,30,31,32). The first-order valence-electron chi connectivity index (χ1n) is 11.7. The Hall–Kier alpha value is -3.90. The maximum absolute atomic E-state index is 5.93. The zero-order chi connectivity index (χ0) is 24.2. The quantitative estimate of drug-likeness (QED) is 0.246. The van der Waals surface area contributed by atoms with Crippen LogP contribution in [0.1, 0.15) is 23.2 Å². The maximum Gasteiger partial charge on any atom is 0.143 e. The van der Waals surface area contributed by atoms with Gasteiger partial charge in [0.15, 0.2) is 0 Å². The summed E-state index contributed by atoms with van der Waals surface area (Å²) in [5.74, 6) is 3.24. The zero-order valence-electron chi connectivity index (χ0n) is 20.0. The molecule has 0 atom stereocenters. The molecule has 35 heavy (non-hydrogen) atoms. The molecule has 0 aliphatic heterocycles. The summed E-state index contributed by atoms with van der Waals surface area (Å²) in [4.78, 5) is 11.7. The number of ether oxygens (including phenoxy) is 2. The van der Waals surface area contributed by atoms with E-state index in [1.165, 1.54) is 4.88 Å². The second-order valence-corrected chi connectivity index (χ2v) is 9.42. The summed E-state index contributed by atoms with van der Waals surface area (Å²) >= 11 is 1.69. The molecular weight excluding hydrogens is 454 g/mol. The lowest BCUT2D eigenvalue weighted by atomic mass is 10.0. The summed E-state index contributed by atoms with van der Waals surface area (Å²) in [6.45, 7) is 7.24. The Morgan fingerprint density at radius 2 is 1.49 bits per heavy atom.